The minimum atomic E-state index is -0.860. The first-order valence-corrected chi connectivity index (χ1v) is 7.58. The topological polar surface area (TPSA) is 37.3 Å². The third-order valence-electron chi connectivity index (χ3n) is 4.40. The molecule has 0 aliphatic carbocycles. The van der Waals surface area contributed by atoms with Crippen LogP contribution in [0.1, 0.15) is 76.2 Å². The summed E-state index contributed by atoms with van der Waals surface area (Å²) in [7, 11) is 0. The Kier molecular flexibility index (Phi) is 5.38. The molecule has 0 saturated heterocycles. The highest BCUT2D eigenvalue weighted by Crippen LogP contribution is 2.41. The highest BCUT2D eigenvalue weighted by Gasteiger charge is 2.32. The standard InChI is InChI=1S/C18H28O2/c1-6-12-17(3,4)13-18(5,7-2)15-10-8-14(9-11-15)16(19)20/h8-11H,6-7,12-13H2,1-5H3,(H,19,20). The molecule has 1 unspecified atom stereocenters. The SMILES string of the molecule is CCCC(C)(C)CC(C)(CC)c1ccc(C(=O)O)cc1. The van der Waals surface area contributed by atoms with Crippen molar-refractivity contribution in [2.75, 3.05) is 0 Å². The van der Waals surface area contributed by atoms with Crippen molar-refractivity contribution in [3.63, 3.8) is 0 Å². The van der Waals surface area contributed by atoms with E-state index >= 15 is 0 Å². The Labute approximate surface area is 123 Å². The van der Waals surface area contributed by atoms with Gasteiger partial charge in [-0.05, 0) is 47.8 Å². The minimum absolute atomic E-state index is 0.107. The molecule has 1 N–H and O–H groups in total. The highest BCUT2D eigenvalue weighted by atomic mass is 16.4. The third kappa shape index (κ3) is 4.09. The fourth-order valence-corrected chi connectivity index (χ4v) is 3.27. The van der Waals surface area contributed by atoms with Gasteiger partial charge in [0, 0.05) is 0 Å². The number of aromatic carboxylic acids is 1. The molecule has 112 valence electrons. The van der Waals surface area contributed by atoms with Gasteiger partial charge >= 0.3 is 5.97 Å². The average Bonchev–Trinajstić information content (AvgIpc) is 2.38. The van der Waals surface area contributed by atoms with Crippen molar-refractivity contribution >= 4 is 5.97 Å². The molecule has 0 bridgehead atoms. The van der Waals surface area contributed by atoms with Crippen LogP contribution in [-0.2, 0) is 5.41 Å². The zero-order valence-corrected chi connectivity index (χ0v) is 13.5. The number of hydrogen-bond acceptors (Lipinski definition) is 1. The fraction of sp³-hybridized carbons (Fsp3) is 0.611. The second kappa shape index (κ2) is 6.43. The van der Waals surface area contributed by atoms with Crippen molar-refractivity contribution in [3.8, 4) is 0 Å². The van der Waals surface area contributed by atoms with Crippen LogP contribution in [0, 0.1) is 5.41 Å². The Morgan fingerprint density at radius 3 is 2.05 bits per heavy atom. The molecule has 0 amide bonds. The molecule has 1 atom stereocenters. The summed E-state index contributed by atoms with van der Waals surface area (Å²) in [5.41, 5.74) is 2.02. The highest BCUT2D eigenvalue weighted by molar-refractivity contribution is 5.87. The normalized spacial score (nSPS) is 14.8. The molecule has 0 spiro atoms. The first-order valence-electron chi connectivity index (χ1n) is 7.58. The van der Waals surface area contributed by atoms with E-state index in [4.69, 9.17) is 5.11 Å². The molecule has 1 aromatic carbocycles. The van der Waals surface area contributed by atoms with Gasteiger partial charge in [0.25, 0.3) is 0 Å². The van der Waals surface area contributed by atoms with E-state index < -0.39 is 5.97 Å². The number of carbonyl (C=O) groups is 1. The van der Waals surface area contributed by atoms with Crippen LogP contribution in [0.4, 0.5) is 0 Å². The Bertz CT molecular complexity index is 445. The monoisotopic (exact) mass is 276 g/mol. The van der Waals surface area contributed by atoms with Gasteiger partial charge in [0.1, 0.15) is 0 Å². The summed E-state index contributed by atoms with van der Waals surface area (Å²) in [4.78, 5) is 10.9. The van der Waals surface area contributed by atoms with Gasteiger partial charge in [0.2, 0.25) is 0 Å². The lowest BCUT2D eigenvalue weighted by atomic mass is 9.67. The third-order valence-corrected chi connectivity index (χ3v) is 4.40. The average molecular weight is 276 g/mol. The lowest BCUT2D eigenvalue weighted by Gasteiger charge is -2.37. The van der Waals surface area contributed by atoms with Gasteiger partial charge < -0.3 is 5.11 Å². The number of hydrogen-bond donors (Lipinski definition) is 1. The lowest BCUT2D eigenvalue weighted by molar-refractivity contribution is 0.0696. The molecule has 20 heavy (non-hydrogen) atoms. The van der Waals surface area contributed by atoms with Gasteiger partial charge in [-0.25, -0.2) is 4.79 Å². The molecule has 1 rings (SSSR count). The molecule has 0 saturated carbocycles. The molecular formula is C18H28O2. The van der Waals surface area contributed by atoms with Crippen molar-refractivity contribution in [1.82, 2.24) is 0 Å². The predicted octanol–water partition coefficient (Wildman–Crippen LogP) is 5.27. The van der Waals surface area contributed by atoms with E-state index in [1.807, 2.05) is 12.1 Å². The van der Waals surface area contributed by atoms with Crippen molar-refractivity contribution in [2.45, 2.75) is 65.7 Å². The maximum atomic E-state index is 10.9. The van der Waals surface area contributed by atoms with Crippen LogP contribution < -0.4 is 0 Å². The summed E-state index contributed by atoms with van der Waals surface area (Å²) >= 11 is 0. The molecule has 0 aliphatic rings. The van der Waals surface area contributed by atoms with Crippen molar-refractivity contribution in [2.24, 2.45) is 5.41 Å². The summed E-state index contributed by atoms with van der Waals surface area (Å²) in [5.74, 6) is -0.860. The van der Waals surface area contributed by atoms with Gasteiger partial charge in [0.05, 0.1) is 5.56 Å². The van der Waals surface area contributed by atoms with E-state index in [0.29, 0.717) is 11.0 Å². The van der Waals surface area contributed by atoms with Gasteiger partial charge in [-0.3, -0.25) is 0 Å². The second-order valence-electron chi connectivity index (χ2n) is 6.89. The zero-order valence-electron chi connectivity index (χ0n) is 13.5. The molecule has 1 aromatic rings. The molecule has 0 radical (unpaired) electrons. The first kappa shape index (κ1) is 16.7. The largest absolute Gasteiger partial charge is 0.478 e. The number of rotatable bonds is 7. The Morgan fingerprint density at radius 1 is 1.10 bits per heavy atom. The van der Waals surface area contributed by atoms with Crippen LogP contribution in [0.3, 0.4) is 0 Å². The Morgan fingerprint density at radius 2 is 1.65 bits per heavy atom. The molecular weight excluding hydrogens is 248 g/mol. The molecule has 2 nitrogen and oxygen atoms in total. The fourth-order valence-electron chi connectivity index (χ4n) is 3.27. The van der Waals surface area contributed by atoms with E-state index in [1.165, 1.54) is 18.4 Å². The Hall–Kier alpha value is -1.31. The molecule has 0 fully saturated rings. The van der Waals surface area contributed by atoms with E-state index in [-0.39, 0.29) is 5.41 Å². The molecule has 2 heteroatoms. The lowest BCUT2D eigenvalue weighted by Crippen LogP contribution is -2.29. The quantitative estimate of drug-likeness (QED) is 0.736. The van der Waals surface area contributed by atoms with Crippen molar-refractivity contribution < 1.29 is 9.90 Å². The van der Waals surface area contributed by atoms with Crippen LogP contribution in [0.2, 0.25) is 0 Å². The smallest absolute Gasteiger partial charge is 0.335 e. The summed E-state index contributed by atoms with van der Waals surface area (Å²) < 4.78 is 0. The van der Waals surface area contributed by atoms with Gasteiger partial charge in [0.15, 0.2) is 0 Å². The van der Waals surface area contributed by atoms with Crippen LogP contribution in [0.25, 0.3) is 0 Å². The van der Waals surface area contributed by atoms with Crippen LogP contribution in [0.15, 0.2) is 24.3 Å². The van der Waals surface area contributed by atoms with Gasteiger partial charge in [-0.15, -0.1) is 0 Å². The second-order valence-corrected chi connectivity index (χ2v) is 6.89. The van der Waals surface area contributed by atoms with Crippen LogP contribution in [-0.4, -0.2) is 11.1 Å². The van der Waals surface area contributed by atoms with Crippen LogP contribution >= 0.6 is 0 Å². The maximum absolute atomic E-state index is 10.9. The summed E-state index contributed by atoms with van der Waals surface area (Å²) in [6.07, 6.45) is 4.60. The minimum Gasteiger partial charge on any atom is -0.478 e. The number of carboxylic acid groups (broad SMARTS) is 1. The summed E-state index contributed by atoms with van der Waals surface area (Å²) in [6, 6.07) is 7.40. The Balaban J connectivity index is 3.01. The van der Waals surface area contributed by atoms with Gasteiger partial charge in [-0.2, -0.15) is 0 Å². The van der Waals surface area contributed by atoms with Crippen LogP contribution in [0.5, 0.6) is 0 Å². The number of carboxylic acids is 1. The summed E-state index contributed by atoms with van der Waals surface area (Å²) in [5, 5.41) is 8.99. The predicted molar refractivity (Wildman–Crippen MR) is 84.4 cm³/mol. The zero-order chi connectivity index (χ0) is 15.4. The molecule has 0 heterocycles. The first-order chi connectivity index (χ1) is 9.24. The van der Waals surface area contributed by atoms with Crippen molar-refractivity contribution in [3.05, 3.63) is 35.4 Å². The maximum Gasteiger partial charge on any atom is 0.335 e. The van der Waals surface area contributed by atoms with E-state index in [9.17, 15) is 4.79 Å². The number of benzene rings is 1. The van der Waals surface area contributed by atoms with E-state index in [1.54, 1.807) is 12.1 Å². The van der Waals surface area contributed by atoms with Crippen molar-refractivity contribution in [1.29, 1.82) is 0 Å². The summed E-state index contributed by atoms with van der Waals surface area (Å²) in [6.45, 7) is 11.4. The molecule has 0 aliphatic heterocycles. The van der Waals surface area contributed by atoms with E-state index in [0.717, 1.165) is 12.8 Å². The van der Waals surface area contributed by atoms with Gasteiger partial charge in [-0.1, -0.05) is 53.2 Å². The molecule has 0 aromatic heterocycles. The van der Waals surface area contributed by atoms with E-state index in [2.05, 4.69) is 34.6 Å².